The quantitative estimate of drug-likeness (QED) is 0.168. The minimum Gasteiger partial charge on any atom is -0.309 e. The van der Waals surface area contributed by atoms with Gasteiger partial charge in [0.25, 0.3) is 0 Å². The third-order valence-electron chi connectivity index (χ3n) is 11.4. The van der Waals surface area contributed by atoms with E-state index in [1.54, 1.807) is 0 Å². The van der Waals surface area contributed by atoms with E-state index in [-0.39, 0.29) is 0 Å². The van der Waals surface area contributed by atoms with Gasteiger partial charge < -0.3 is 9.47 Å². The van der Waals surface area contributed by atoms with Gasteiger partial charge in [0, 0.05) is 33.1 Å². The average Bonchev–Trinajstić information content (AvgIpc) is 3.57. The van der Waals surface area contributed by atoms with Gasteiger partial charge in [-0.1, -0.05) is 176 Å². The van der Waals surface area contributed by atoms with E-state index >= 15 is 0 Å². The summed E-state index contributed by atoms with van der Waals surface area (Å²) in [6.07, 6.45) is 0. The Balaban J connectivity index is 1.30. The molecule has 2 aliphatic rings. The van der Waals surface area contributed by atoms with Crippen LogP contribution in [0.2, 0.25) is 0 Å². The molecule has 0 saturated carbocycles. The van der Waals surface area contributed by atoms with E-state index in [0.29, 0.717) is 0 Å². The Bertz CT molecular complexity index is 2840. The van der Waals surface area contributed by atoms with Gasteiger partial charge in [-0.3, -0.25) is 0 Å². The summed E-state index contributed by atoms with van der Waals surface area (Å²) < 4.78 is 2.42. The van der Waals surface area contributed by atoms with Gasteiger partial charge in [-0.2, -0.15) is 0 Å². The van der Waals surface area contributed by atoms with Crippen molar-refractivity contribution in [3.05, 3.63) is 222 Å². The lowest BCUT2D eigenvalue weighted by molar-refractivity contribution is 0.732. The summed E-state index contributed by atoms with van der Waals surface area (Å²) in [6, 6.07) is 70.9. The second-order valence-electron chi connectivity index (χ2n) is 14.0. The molecule has 0 fully saturated rings. The highest BCUT2D eigenvalue weighted by Gasteiger charge is 2.50. The van der Waals surface area contributed by atoms with Crippen molar-refractivity contribution in [3.8, 4) is 5.69 Å². The van der Waals surface area contributed by atoms with Crippen LogP contribution in [0.5, 0.6) is 0 Å². The summed E-state index contributed by atoms with van der Waals surface area (Å²) in [7, 11) is 0. The standard InChI is InChI=1S/C49H33N2PS/c53-52(37-21-8-3-9-22-37)46-32-31-36(50-42-27-13-10-23-38(42)39-24-11-14-28-43(39)50)33-45(46)51-44-29-15-12-25-40(44)49(34-17-4-1-5-18-34,35-19-6-2-7-20-35)41-26-16-30-47(52)48(41)51/h1-33H. The highest BCUT2D eigenvalue weighted by atomic mass is 32.4. The lowest BCUT2D eigenvalue weighted by Gasteiger charge is -2.50. The molecular weight excluding hydrogens is 680 g/mol. The molecule has 53 heavy (non-hydrogen) atoms. The van der Waals surface area contributed by atoms with E-state index in [1.165, 1.54) is 71.3 Å². The molecule has 4 heteroatoms. The molecule has 8 aromatic carbocycles. The van der Waals surface area contributed by atoms with Gasteiger partial charge in [0.05, 0.1) is 33.5 Å². The zero-order chi connectivity index (χ0) is 35.1. The topological polar surface area (TPSA) is 8.17 Å². The second-order valence-corrected chi connectivity index (χ2v) is 18.3. The van der Waals surface area contributed by atoms with Crippen LogP contribution >= 0.6 is 6.04 Å². The molecule has 2 nitrogen and oxygen atoms in total. The summed E-state index contributed by atoms with van der Waals surface area (Å²) in [6.45, 7) is 0. The fourth-order valence-corrected chi connectivity index (χ4v) is 13.6. The first kappa shape index (κ1) is 30.6. The maximum absolute atomic E-state index is 7.20. The van der Waals surface area contributed by atoms with Crippen LogP contribution in [-0.4, -0.2) is 4.57 Å². The van der Waals surface area contributed by atoms with Crippen LogP contribution in [0, 0.1) is 0 Å². The van der Waals surface area contributed by atoms with Gasteiger partial charge in [-0.05, 0) is 64.0 Å². The van der Waals surface area contributed by atoms with E-state index in [9.17, 15) is 0 Å². The fraction of sp³-hybridized carbons (Fsp3) is 0.0204. The first-order valence-corrected chi connectivity index (χ1v) is 20.9. The van der Waals surface area contributed by atoms with Gasteiger partial charge in [0.2, 0.25) is 0 Å². The Hall–Kier alpha value is -5.99. The lowest BCUT2D eigenvalue weighted by atomic mass is 9.62. The molecular formula is C49H33N2PS. The van der Waals surface area contributed by atoms with Crippen molar-refractivity contribution in [2.75, 3.05) is 4.90 Å². The van der Waals surface area contributed by atoms with Crippen molar-refractivity contribution in [2.24, 2.45) is 0 Å². The Morgan fingerprint density at radius 3 is 1.64 bits per heavy atom. The van der Waals surface area contributed by atoms with Crippen LogP contribution in [0.1, 0.15) is 22.3 Å². The van der Waals surface area contributed by atoms with Crippen molar-refractivity contribution in [3.63, 3.8) is 0 Å². The predicted molar refractivity (Wildman–Crippen MR) is 227 cm³/mol. The number of fused-ring (bicyclic) bond motifs is 7. The van der Waals surface area contributed by atoms with E-state index in [1.807, 2.05) is 0 Å². The summed E-state index contributed by atoms with van der Waals surface area (Å²) in [5.74, 6) is 0. The minimum atomic E-state index is -2.55. The molecule has 3 heterocycles. The number of hydrogen-bond donors (Lipinski definition) is 0. The molecule has 0 N–H and O–H groups in total. The summed E-state index contributed by atoms with van der Waals surface area (Å²) in [5.41, 5.74) is 11.5. The molecule has 2 aliphatic heterocycles. The van der Waals surface area contributed by atoms with Gasteiger partial charge in [0.1, 0.15) is 0 Å². The number of rotatable bonds is 4. The fourth-order valence-electron chi connectivity index (χ4n) is 9.33. The van der Waals surface area contributed by atoms with E-state index < -0.39 is 11.5 Å². The van der Waals surface area contributed by atoms with Crippen LogP contribution in [-0.2, 0) is 17.2 Å². The normalized spacial score (nSPS) is 16.6. The average molecular weight is 713 g/mol. The summed E-state index contributed by atoms with van der Waals surface area (Å²) in [5, 5.41) is 6.16. The van der Waals surface area contributed by atoms with Gasteiger partial charge >= 0.3 is 0 Å². The number of aromatic nitrogens is 1. The first-order valence-electron chi connectivity index (χ1n) is 18.1. The van der Waals surface area contributed by atoms with Gasteiger partial charge in [0.15, 0.2) is 0 Å². The zero-order valence-corrected chi connectivity index (χ0v) is 30.5. The van der Waals surface area contributed by atoms with Crippen LogP contribution in [0.3, 0.4) is 0 Å². The summed E-state index contributed by atoms with van der Waals surface area (Å²) in [4.78, 5) is 2.55. The molecule has 1 aromatic heterocycles. The largest absolute Gasteiger partial charge is 0.309 e. The highest BCUT2D eigenvalue weighted by molar-refractivity contribution is 8.25. The molecule has 11 rings (SSSR count). The number of hydrogen-bond acceptors (Lipinski definition) is 2. The number of nitrogens with zero attached hydrogens (tertiary/aromatic N) is 2. The Morgan fingerprint density at radius 2 is 0.981 bits per heavy atom. The molecule has 0 saturated heterocycles. The predicted octanol–water partition coefficient (Wildman–Crippen LogP) is 11.0. The van der Waals surface area contributed by atoms with Crippen molar-refractivity contribution in [1.29, 1.82) is 0 Å². The van der Waals surface area contributed by atoms with E-state index in [2.05, 4.69) is 210 Å². The SMILES string of the molecule is S=P1(c2ccccc2)c2ccc(-n3c4ccccc4c4ccccc43)cc2N2c3ccccc3C(c3ccccc3)(c3ccccc3)c3cccc1c32. The first-order chi connectivity index (χ1) is 26.2. The minimum absolute atomic E-state index is 0.570. The molecule has 1 atom stereocenters. The Morgan fingerprint density at radius 1 is 0.434 bits per heavy atom. The third kappa shape index (κ3) is 4.07. The number of anilines is 3. The van der Waals surface area contributed by atoms with Crippen molar-refractivity contribution >= 4 is 72.6 Å². The van der Waals surface area contributed by atoms with Crippen LogP contribution in [0.25, 0.3) is 27.5 Å². The second kappa shape index (κ2) is 11.5. The van der Waals surface area contributed by atoms with Gasteiger partial charge in [-0.25, -0.2) is 0 Å². The third-order valence-corrected chi connectivity index (χ3v) is 16.4. The maximum Gasteiger partial charge on any atom is 0.0742 e. The van der Waals surface area contributed by atoms with Crippen LogP contribution in [0.4, 0.5) is 17.1 Å². The highest BCUT2D eigenvalue weighted by Crippen LogP contribution is 2.63. The molecule has 9 aromatic rings. The molecule has 0 aliphatic carbocycles. The van der Waals surface area contributed by atoms with Crippen molar-refractivity contribution in [1.82, 2.24) is 4.57 Å². The lowest BCUT2D eigenvalue weighted by Crippen LogP contribution is -2.44. The smallest absolute Gasteiger partial charge is 0.0742 e. The van der Waals surface area contributed by atoms with Crippen molar-refractivity contribution < 1.29 is 0 Å². The molecule has 1 unspecified atom stereocenters. The van der Waals surface area contributed by atoms with Crippen LogP contribution in [0.15, 0.2) is 200 Å². The Kier molecular flexibility index (Phi) is 6.65. The molecule has 0 amide bonds. The number of para-hydroxylation sites is 4. The zero-order valence-electron chi connectivity index (χ0n) is 28.8. The summed E-state index contributed by atoms with van der Waals surface area (Å²) >= 11 is 7.20. The van der Waals surface area contributed by atoms with Gasteiger partial charge in [-0.15, -0.1) is 0 Å². The monoisotopic (exact) mass is 712 g/mol. The van der Waals surface area contributed by atoms with E-state index in [4.69, 9.17) is 11.8 Å². The van der Waals surface area contributed by atoms with Crippen LogP contribution < -0.4 is 20.8 Å². The van der Waals surface area contributed by atoms with E-state index in [0.717, 1.165) is 11.4 Å². The number of benzene rings is 8. The Labute approximate surface area is 314 Å². The maximum atomic E-state index is 7.20. The molecule has 0 spiro atoms. The molecule has 0 radical (unpaired) electrons. The van der Waals surface area contributed by atoms with Crippen molar-refractivity contribution in [2.45, 2.75) is 5.41 Å². The molecule has 250 valence electrons. The molecule has 0 bridgehead atoms.